The molecule has 1 aromatic rings. The Hall–Kier alpha value is -1.49. The zero-order chi connectivity index (χ0) is 13.5. The minimum atomic E-state index is -0.201. The van der Waals surface area contributed by atoms with Crippen molar-refractivity contribution >= 4 is 5.91 Å². The molecule has 0 fully saturated rings. The van der Waals surface area contributed by atoms with Gasteiger partial charge in [-0.15, -0.1) is 0 Å². The summed E-state index contributed by atoms with van der Waals surface area (Å²) in [5.74, 6) is 0.125. The van der Waals surface area contributed by atoms with Crippen LogP contribution in [0.4, 0.5) is 0 Å². The monoisotopic (exact) mass is 250 g/mol. The molecule has 1 amide bonds. The molecule has 5 nitrogen and oxygen atoms in total. The minimum Gasteiger partial charge on any atom is -0.342 e. The molecule has 0 aromatic carbocycles. The molecule has 0 spiro atoms. The van der Waals surface area contributed by atoms with Gasteiger partial charge in [-0.25, -0.2) is 0 Å². The van der Waals surface area contributed by atoms with Crippen molar-refractivity contribution < 1.29 is 4.79 Å². The van der Waals surface area contributed by atoms with Gasteiger partial charge in [-0.2, -0.15) is 0 Å². The normalized spacial score (nSPS) is 12.2. The van der Waals surface area contributed by atoms with Gasteiger partial charge in [0.15, 0.2) is 0 Å². The fourth-order valence-corrected chi connectivity index (χ4v) is 1.66. The summed E-state index contributed by atoms with van der Waals surface area (Å²) in [5.41, 5.74) is 1.74. The van der Waals surface area contributed by atoms with Crippen LogP contribution in [0.1, 0.15) is 32.2 Å². The number of hydrogen-bond donors (Lipinski definition) is 1. The number of carbonyl (C=O) groups is 1. The topological polar surface area (TPSA) is 58.1 Å². The first-order valence-electron chi connectivity index (χ1n) is 6.38. The third-order valence-corrected chi connectivity index (χ3v) is 2.87. The number of hydrogen-bond acceptors (Lipinski definition) is 4. The van der Waals surface area contributed by atoms with Gasteiger partial charge in [-0.3, -0.25) is 14.8 Å². The highest BCUT2D eigenvalue weighted by Gasteiger charge is 2.17. The second-order valence-corrected chi connectivity index (χ2v) is 4.26. The number of aromatic nitrogens is 2. The molecular weight excluding hydrogens is 228 g/mol. The van der Waals surface area contributed by atoms with Gasteiger partial charge in [0, 0.05) is 32.0 Å². The first-order valence-corrected chi connectivity index (χ1v) is 6.38. The lowest BCUT2D eigenvalue weighted by atomic mass is 10.2. The van der Waals surface area contributed by atoms with Crippen LogP contribution >= 0.6 is 0 Å². The van der Waals surface area contributed by atoms with E-state index in [4.69, 9.17) is 0 Å². The molecule has 1 heterocycles. The van der Waals surface area contributed by atoms with Crippen LogP contribution in [0, 0.1) is 6.92 Å². The van der Waals surface area contributed by atoms with Gasteiger partial charge in [-0.1, -0.05) is 0 Å². The molecule has 0 radical (unpaired) electrons. The number of aryl methyl sites for hydroxylation is 1. The highest BCUT2D eigenvalue weighted by molar-refractivity contribution is 5.81. The van der Waals surface area contributed by atoms with E-state index in [2.05, 4.69) is 15.3 Å². The van der Waals surface area contributed by atoms with Gasteiger partial charge in [0.1, 0.15) is 0 Å². The predicted molar refractivity (Wildman–Crippen MR) is 71.0 cm³/mol. The molecule has 0 bridgehead atoms. The third-order valence-electron chi connectivity index (χ3n) is 2.87. The van der Waals surface area contributed by atoms with E-state index in [1.54, 1.807) is 12.4 Å². The second-order valence-electron chi connectivity index (χ2n) is 4.26. The lowest BCUT2D eigenvalue weighted by molar-refractivity contribution is -0.132. The molecule has 0 aliphatic carbocycles. The van der Waals surface area contributed by atoms with E-state index in [0.29, 0.717) is 6.54 Å². The van der Waals surface area contributed by atoms with Gasteiger partial charge < -0.3 is 10.2 Å². The zero-order valence-electron chi connectivity index (χ0n) is 11.6. The van der Waals surface area contributed by atoms with Crippen LogP contribution in [0.2, 0.25) is 0 Å². The van der Waals surface area contributed by atoms with E-state index in [1.165, 1.54) is 0 Å². The van der Waals surface area contributed by atoms with Crippen molar-refractivity contribution in [1.82, 2.24) is 20.2 Å². The predicted octanol–water partition coefficient (Wildman–Crippen LogP) is 1.13. The molecular formula is C13H22N4O. The van der Waals surface area contributed by atoms with Crippen LogP contribution in [-0.2, 0) is 11.3 Å². The standard InChI is InChI=1S/C13H22N4O/c1-5-17(6-2)13(18)11(4)15-9-12-8-14-10(3)7-16-12/h7-8,11,15H,5-6,9H2,1-4H3. The number of amides is 1. The van der Waals surface area contributed by atoms with Crippen molar-refractivity contribution in [2.75, 3.05) is 13.1 Å². The van der Waals surface area contributed by atoms with Crippen molar-refractivity contribution in [3.05, 3.63) is 23.8 Å². The smallest absolute Gasteiger partial charge is 0.239 e. The molecule has 1 unspecified atom stereocenters. The Balaban J connectivity index is 2.47. The summed E-state index contributed by atoms with van der Waals surface area (Å²) >= 11 is 0. The fraction of sp³-hybridized carbons (Fsp3) is 0.615. The van der Waals surface area contributed by atoms with Crippen molar-refractivity contribution in [2.24, 2.45) is 0 Å². The average Bonchev–Trinajstić information content (AvgIpc) is 2.39. The van der Waals surface area contributed by atoms with Gasteiger partial charge in [0.2, 0.25) is 5.91 Å². The van der Waals surface area contributed by atoms with Gasteiger partial charge in [0.25, 0.3) is 0 Å². The van der Waals surface area contributed by atoms with Crippen LogP contribution in [0.25, 0.3) is 0 Å². The molecule has 1 N–H and O–H groups in total. The molecule has 0 aliphatic rings. The highest BCUT2D eigenvalue weighted by Crippen LogP contribution is 1.98. The second kappa shape index (κ2) is 7.06. The summed E-state index contributed by atoms with van der Waals surface area (Å²) in [7, 11) is 0. The van der Waals surface area contributed by atoms with E-state index >= 15 is 0 Å². The van der Waals surface area contributed by atoms with E-state index in [9.17, 15) is 4.79 Å². The SMILES string of the molecule is CCN(CC)C(=O)C(C)NCc1cnc(C)cn1. The Morgan fingerprint density at radius 1 is 1.33 bits per heavy atom. The first kappa shape index (κ1) is 14.6. The molecule has 18 heavy (non-hydrogen) atoms. The third kappa shape index (κ3) is 4.07. The largest absolute Gasteiger partial charge is 0.342 e. The summed E-state index contributed by atoms with van der Waals surface area (Å²) in [6, 6.07) is -0.201. The first-order chi connectivity index (χ1) is 8.58. The summed E-state index contributed by atoms with van der Waals surface area (Å²) in [6.45, 7) is 9.79. The van der Waals surface area contributed by atoms with Crippen molar-refractivity contribution in [1.29, 1.82) is 0 Å². The minimum absolute atomic E-state index is 0.125. The quantitative estimate of drug-likeness (QED) is 0.822. The maximum Gasteiger partial charge on any atom is 0.239 e. The lowest BCUT2D eigenvalue weighted by Crippen LogP contribution is -2.44. The van der Waals surface area contributed by atoms with Gasteiger partial charge in [0.05, 0.1) is 17.4 Å². The van der Waals surface area contributed by atoms with E-state index in [1.807, 2.05) is 32.6 Å². The van der Waals surface area contributed by atoms with Gasteiger partial charge in [-0.05, 0) is 27.7 Å². The number of carbonyl (C=O) groups excluding carboxylic acids is 1. The van der Waals surface area contributed by atoms with Crippen LogP contribution in [0.15, 0.2) is 12.4 Å². The summed E-state index contributed by atoms with van der Waals surface area (Å²) < 4.78 is 0. The maximum atomic E-state index is 12.0. The van der Waals surface area contributed by atoms with E-state index in [0.717, 1.165) is 24.5 Å². The lowest BCUT2D eigenvalue weighted by Gasteiger charge is -2.23. The van der Waals surface area contributed by atoms with Gasteiger partial charge >= 0.3 is 0 Å². The zero-order valence-corrected chi connectivity index (χ0v) is 11.6. The van der Waals surface area contributed by atoms with Crippen LogP contribution in [-0.4, -0.2) is 39.9 Å². The Morgan fingerprint density at radius 3 is 2.50 bits per heavy atom. The van der Waals surface area contributed by atoms with E-state index < -0.39 is 0 Å². The van der Waals surface area contributed by atoms with Crippen LogP contribution in [0.5, 0.6) is 0 Å². The average molecular weight is 250 g/mol. The molecule has 100 valence electrons. The molecule has 0 saturated heterocycles. The van der Waals surface area contributed by atoms with E-state index in [-0.39, 0.29) is 11.9 Å². The van der Waals surface area contributed by atoms with Crippen LogP contribution in [0.3, 0.4) is 0 Å². The summed E-state index contributed by atoms with van der Waals surface area (Å²) in [6.07, 6.45) is 3.46. The fourth-order valence-electron chi connectivity index (χ4n) is 1.66. The Bertz CT molecular complexity index is 373. The molecule has 1 rings (SSSR count). The summed E-state index contributed by atoms with van der Waals surface area (Å²) in [4.78, 5) is 22.2. The molecule has 5 heteroatoms. The number of rotatable bonds is 6. The maximum absolute atomic E-state index is 12.0. The Morgan fingerprint density at radius 2 is 2.00 bits per heavy atom. The number of likely N-dealkylation sites (N-methyl/N-ethyl adjacent to an activating group) is 1. The van der Waals surface area contributed by atoms with Crippen molar-refractivity contribution in [2.45, 2.75) is 40.3 Å². The van der Waals surface area contributed by atoms with Crippen molar-refractivity contribution in [3.63, 3.8) is 0 Å². The van der Waals surface area contributed by atoms with Crippen molar-refractivity contribution in [3.8, 4) is 0 Å². The molecule has 1 atom stereocenters. The molecule has 0 aliphatic heterocycles. The Labute approximate surface area is 109 Å². The molecule has 0 saturated carbocycles. The Kier molecular flexibility index (Phi) is 5.71. The number of nitrogens with zero attached hydrogens (tertiary/aromatic N) is 3. The van der Waals surface area contributed by atoms with Crippen LogP contribution < -0.4 is 5.32 Å². The molecule has 1 aromatic heterocycles. The number of nitrogens with one attached hydrogen (secondary N) is 1. The summed E-state index contributed by atoms with van der Waals surface area (Å²) in [5, 5.41) is 3.17. The highest BCUT2D eigenvalue weighted by atomic mass is 16.2.